The summed E-state index contributed by atoms with van der Waals surface area (Å²) >= 11 is 3.34. The average Bonchev–Trinajstić information content (AvgIpc) is 2.78. The molecule has 1 atom stereocenters. The average molecular weight is 473 g/mol. The van der Waals surface area contributed by atoms with Crippen LogP contribution in [0.15, 0.2) is 77.3 Å². The van der Waals surface area contributed by atoms with E-state index in [1.807, 2.05) is 0 Å². The molecule has 0 aliphatic rings. The van der Waals surface area contributed by atoms with Gasteiger partial charge in [-0.2, -0.15) is 0 Å². The molecule has 0 N–H and O–H groups in total. The van der Waals surface area contributed by atoms with Crippen molar-refractivity contribution >= 4 is 39.4 Å². The van der Waals surface area contributed by atoms with Crippen LogP contribution in [0.4, 0.5) is 0 Å². The molecule has 29 heavy (non-hydrogen) atoms. The van der Waals surface area contributed by atoms with Crippen LogP contribution < -0.4 is 14.8 Å². The molecule has 0 bridgehead atoms. The topological polar surface area (TPSA) is 69.7 Å². The number of hydrogen-bond donors (Lipinski definition) is 0. The van der Waals surface area contributed by atoms with Crippen LogP contribution in [-0.4, -0.2) is 25.3 Å². The van der Waals surface area contributed by atoms with Gasteiger partial charge in [0.25, 0.3) is 0 Å². The molecule has 0 heterocycles. The molecule has 0 amide bonds. The van der Waals surface area contributed by atoms with Crippen molar-refractivity contribution in [2.45, 2.75) is 0 Å². The van der Waals surface area contributed by atoms with E-state index in [2.05, 4.69) is 15.9 Å². The fraction of sp³-hybridized carbons (Fsp3) is 0.0909. The van der Waals surface area contributed by atoms with Gasteiger partial charge in [0.05, 0.1) is 18.7 Å². The summed E-state index contributed by atoms with van der Waals surface area (Å²) in [6.45, 7) is 0. The lowest BCUT2D eigenvalue weighted by atomic mass is 10.2. The highest BCUT2D eigenvalue weighted by Crippen LogP contribution is 2.54. The standard InChI is InChI=1S/C22H18BrO5P/c1-27-18-14-13-17(23)20(28-2)19(18)22(25)29(26,16-11-7-4-8-12-16)21(24)15-9-5-3-6-10-15/h3-14H,1-2H3. The Bertz CT molecular complexity index is 1100. The summed E-state index contributed by atoms with van der Waals surface area (Å²) in [4.78, 5) is 27.1. The first-order chi connectivity index (χ1) is 13.9. The second-order valence-electron chi connectivity index (χ2n) is 6.08. The van der Waals surface area contributed by atoms with Gasteiger partial charge < -0.3 is 14.0 Å². The molecule has 3 rings (SSSR count). The lowest BCUT2D eigenvalue weighted by molar-refractivity contribution is 0.103. The number of benzene rings is 3. The number of rotatable bonds is 7. The summed E-state index contributed by atoms with van der Waals surface area (Å²) < 4.78 is 25.4. The number of hydrogen-bond acceptors (Lipinski definition) is 5. The van der Waals surface area contributed by atoms with Gasteiger partial charge in [0, 0.05) is 10.9 Å². The van der Waals surface area contributed by atoms with Crippen LogP contribution in [-0.2, 0) is 4.57 Å². The first-order valence-corrected chi connectivity index (χ1v) is 11.2. The van der Waals surface area contributed by atoms with Crippen LogP contribution in [0.2, 0.25) is 0 Å². The summed E-state index contributed by atoms with van der Waals surface area (Å²) in [6.07, 6.45) is 0. The van der Waals surface area contributed by atoms with Crippen molar-refractivity contribution in [2.24, 2.45) is 0 Å². The van der Waals surface area contributed by atoms with Crippen molar-refractivity contribution in [1.82, 2.24) is 0 Å². The Morgan fingerprint density at radius 2 is 1.38 bits per heavy atom. The van der Waals surface area contributed by atoms with Gasteiger partial charge in [0.1, 0.15) is 17.1 Å². The number of carbonyl (C=O) groups excluding carboxylic acids is 2. The zero-order valence-corrected chi connectivity index (χ0v) is 18.3. The van der Waals surface area contributed by atoms with Gasteiger partial charge in [-0.15, -0.1) is 0 Å². The molecule has 0 saturated carbocycles. The van der Waals surface area contributed by atoms with Crippen molar-refractivity contribution in [3.8, 4) is 11.5 Å². The Morgan fingerprint density at radius 1 is 0.793 bits per heavy atom. The van der Waals surface area contributed by atoms with Crippen LogP contribution in [0.1, 0.15) is 20.7 Å². The van der Waals surface area contributed by atoms with E-state index in [-0.39, 0.29) is 27.9 Å². The molecule has 0 aliphatic carbocycles. The number of ether oxygens (including phenoxy) is 2. The quantitative estimate of drug-likeness (QED) is 0.445. The van der Waals surface area contributed by atoms with E-state index in [1.165, 1.54) is 26.4 Å². The summed E-state index contributed by atoms with van der Waals surface area (Å²) in [5.74, 6) is 0.332. The van der Waals surface area contributed by atoms with Crippen molar-refractivity contribution in [1.29, 1.82) is 0 Å². The Balaban J connectivity index is 2.30. The van der Waals surface area contributed by atoms with Gasteiger partial charge in [-0.1, -0.05) is 60.7 Å². The number of carbonyl (C=O) groups is 2. The highest BCUT2D eigenvalue weighted by atomic mass is 79.9. The minimum absolute atomic E-state index is 0.0409. The van der Waals surface area contributed by atoms with E-state index >= 15 is 0 Å². The minimum atomic E-state index is -4.26. The van der Waals surface area contributed by atoms with Crippen LogP contribution in [0, 0.1) is 0 Å². The molecule has 0 saturated heterocycles. The maximum absolute atomic E-state index is 14.2. The molecule has 0 radical (unpaired) electrons. The Morgan fingerprint density at radius 3 is 1.93 bits per heavy atom. The Hall–Kier alpha value is -2.69. The second kappa shape index (κ2) is 8.76. The molecule has 0 fully saturated rings. The second-order valence-corrected chi connectivity index (χ2v) is 9.48. The van der Waals surface area contributed by atoms with Gasteiger partial charge in [-0.05, 0) is 28.1 Å². The zero-order valence-electron chi connectivity index (χ0n) is 15.8. The van der Waals surface area contributed by atoms with Crippen molar-refractivity contribution < 1.29 is 23.6 Å². The maximum Gasteiger partial charge on any atom is 0.248 e. The van der Waals surface area contributed by atoms with E-state index < -0.39 is 18.2 Å². The number of methoxy groups -OCH3 is 2. The van der Waals surface area contributed by atoms with Crippen LogP contribution in [0.5, 0.6) is 11.5 Å². The highest BCUT2D eigenvalue weighted by molar-refractivity contribution is 9.10. The Kier molecular flexibility index (Phi) is 6.36. The van der Waals surface area contributed by atoms with E-state index in [1.54, 1.807) is 60.7 Å². The first kappa shape index (κ1) is 21.0. The first-order valence-electron chi connectivity index (χ1n) is 8.66. The molecule has 3 aromatic carbocycles. The Labute approximate surface area is 177 Å². The van der Waals surface area contributed by atoms with Gasteiger partial charge in [-0.25, -0.2) is 0 Å². The third-order valence-corrected chi connectivity index (χ3v) is 7.70. The molecule has 1 unspecified atom stereocenters. The van der Waals surface area contributed by atoms with E-state index in [0.717, 1.165) is 0 Å². The maximum atomic E-state index is 14.2. The van der Waals surface area contributed by atoms with Gasteiger partial charge in [0.15, 0.2) is 0 Å². The molecule has 148 valence electrons. The fourth-order valence-corrected chi connectivity index (χ4v) is 5.77. The smallest absolute Gasteiger partial charge is 0.248 e. The summed E-state index contributed by atoms with van der Waals surface area (Å²) in [5, 5.41) is 0.155. The van der Waals surface area contributed by atoms with Crippen LogP contribution in [0.3, 0.4) is 0 Å². The van der Waals surface area contributed by atoms with E-state index in [4.69, 9.17) is 9.47 Å². The van der Waals surface area contributed by atoms with E-state index in [9.17, 15) is 14.2 Å². The summed E-state index contributed by atoms with van der Waals surface area (Å²) in [5.41, 5.74) is -1.42. The minimum Gasteiger partial charge on any atom is -0.496 e. The lowest BCUT2D eigenvalue weighted by Crippen LogP contribution is -2.21. The summed E-state index contributed by atoms with van der Waals surface area (Å²) in [6, 6.07) is 19.4. The molecular weight excluding hydrogens is 455 g/mol. The van der Waals surface area contributed by atoms with Crippen molar-refractivity contribution in [2.75, 3.05) is 14.2 Å². The molecule has 7 heteroatoms. The fourth-order valence-electron chi connectivity index (χ4n) is 3.00. The molecule has 0 aromatic heterocycles. The molecule has 0 aliphatic heterocycles. The van der Waals surface area contributed by atoms with E-state index in [0.29, 0.717) is 4.47 Å². The van der Waals surface area contributed by atoms with Crippen LogP contribution >= 0.6 is 23.1 Å². The molecule has 3 aromatic rings. The third kappa shape index (κ3) is 3.78. The van der Waals surface area contributed by atoms with Crippen LogP contribution in [0.25, 0.3) is 0 Å². The largest absolute Gasteiger partial charge is 0.496 e. The SMILES string of the molecule is COc1ccc(Br)c(OC)c1C(=O)P(=O)(C(=O)c1ccccc1)c1ccccc1. The molecular formula is C22H18BrO5P. The molecule has 5 nitrogen and oxygen atoms in total. The van der Waals surface area contributed by atoms with Gasteiger partial charge >= 0.3 is 0 Å². The van der Waals surface area contributed by atoms with Gasteiger partial charge in [-0.3, -0.25) is 9.59 Å². The molecule has 0 spiro atoms. The summed E-state index contributed by atoms with van der Waals surface area (Å²) in [7, 11) is -1.47. The van der Waals surface area contributed by atoms with Crippen molar-refractivity contribution in [3.63, 3.8) is 0 Å². The lowest BCUT2D eigenvalue weighted by Gasteiger charge is -2.20. The third-order valence-electron chi connectivity index (χ3n) is 4.42. The normalized spacial score (nSPS) is 12.7. The van der Waals surface area contributed by atoms with Crippen molar-refractivity contribution in [3.05, 3.63) is 88.4 Å². The monoisotopic (exact) mass is 472 g/mol. The predicted octanol–water partition coefficient (Wildman–Crippen LogP) is 5.14. The van der Waals surface area contributed by atoms with Gasteiger partial charge in [0.2, 0.25) is 18.2 Å². The predicted molar refractivity (Wildman–Crippen MR) is 116 cm³/mol. The zero-order chi connectivity index (χ0) is 21.0. The highest BCUT2D eigenvalue weighted by Gasteiger charge is 2.45. The number of halogens is 1.